The molecule has 1 heterocycles. The van der Waals surface area contributed by atoms with Crippen molar-refractivity contribution >= 4 is 23.7 Å². The van der Waals surface area contributed by atoms with Crippen molar-refractivity contribution in [2.45, 2.75) is 32.4 Å². The highest BCUT2D eigenvalue weighted by atomic mass is 16.6. The fraction of sp³-hybridized carbons (Fsp3) is 0.471. The van der Waals surface area contributed by atoms with Crippen LogP contribution in [-0.4, -0.2) is 42.1 Å². The molecule has 1 saturated heterocycles. The average molecular weight is 379 g/mol. The minimum Gasteiger partial charge on any atom is -0.466 e. The molecule has 0 radical (unpaired) electrons. The van der Waals surface area contributed by atoms with E-state index < -0.39 is 11.0 Å². The molecule has 10 heteroatoms. The van der Waals surface area contributed by atoms with Gasteiger partial charge in [-0.25, -0.2) is 4.79 Å². The largest absolute Gasteiger partial charge is 0.466 e. The quantitative estimate of drug-likeness (QED) is 0.285. The van der Waals surface area contributed by atoms with E-state index in [1.807, 2.05) is 0 Å². The highest BCUT2D eigenvalue weighted by molar-refractivity contribution is 5.85. The third kappa shape index (κ3) is 5.94. The SMILES string of the molecule is CC(=O)OCCC1NC(=O)C1CCNC(=O)OCc1ccccc1[N+](=O)[O-]. The van der Waals surface area contributed by atoms with Crippen molar-refractivity contribution in [3.8, 4) is 0 Å². The maximum absolute atomic E-state index is 11.7. The van der Waals surface area contributed by atoms with Gasteiger partial charge in [-0.2, -0.15) is 0 Å². The van der Waals surface area contributed by atoms with Crippen molar-refractivity contribution < 1.29 is 28.8 Å². The molecule has 0 aromatic heterocycles. The number of carbonyl (C=O) groups is 3. The fourth-order valence-electron chi connectivity index (χ4n) is 2.75. The third-order valence-electron chi connectivity index (χ3n) is 4.16. The average Bonchev–Trinajstić information content (AvgIpc) is 2.62. The predicted molar refractivity (Wildman–Crippen MR) is 92.6 cm³/mol. The fourth-order valence-corrected chi connectivity index (χ4v) is 2.75. The first-order valence-electron chi connectivity index (χ1n) is 8.45. The first-order chi connectivity index (χ1) is 12.9. The van der Waals surface area contributed by atoms with Crippen LogP contribution >= 0.6 is 0 Å². The van der Waals surface area contributed by atoms with E-state index >= 15 is 0 Å². The molecule has 1 aromatic carbocycles. The molecule has 0 aliphatic carbocycles. The summed E-state index contributed by atoms with van der Waals surface area (Å²) in [5.74, 6) is -0.755. The van der Waals surface area contributed by atoms with Gasteiger partial charge in [-0.3, -0.25) is 19.7 Å². The van der Waals surface area contributed by atoms with Crippen LogP contribution in [0.3, 0.4) is 0 Å². The maximum Gasteiger partial charge on any atom is 0.407 e. The molecule has 2 amide bonds. The lowest BCUT2D eigenvalue weighted by Gasteiger charge is -2.36. The molecule has 0 bridgehead atoms. The van der Waals surface area contributed by atoms with E-state index in [1.165, 1.54) is 25.1 Å². The second-order valence-corrected chi connectivity index (χ2v) is 6.03. The normalized spacial score (nSPS) is 18.0. The Morgan fingerprint density at radius 3 is 2.67 bits per heavy atom. The van der Waals surface area contributed by atoms with Gasteiger partial charge in [0.2, 0.25) is 5.91 Å². The van der Waals surface area contributed by atoms with E-state index in [0.717, 1.165) is 0 Å². The van der Waals surface area contributed by atoms with Crippen molar-refractivity contribution in [1.29, 1.82) is 0 Å². The van der Waals surface area contributed by atoms with Gasteiger partial charge in [-0.1, -0.05) is 12.1 Å². The summed E-state index contributed by atoms with van der Waals surface area (Å²) >= 11 is 0. The number of para-hydroxylation sites is 1. The number of hydrogen-bond acceptors (Lipinski definition) is 7. The predicted octanol–water partition coefficient (Wildman–Crippen LogP) is 1.28. The zero-order chi connectivity index (χ0) is 19.8. The van der Waals surface area contributed by atoms with Gasteiger partial charge in [-0.15, -0.1) is 0 Å². The Labute approximate surface area is 155 Å². The Bertz CT molecular complexity index is 722. The van der Waals surface area contributed by atoms with Crippen molar-refractivity contribution in [2.75, 3.05) is 13.2 Å². The number of amides is 2. The second kappa shape index (κ2) is 9.51. The number of nitro groups is 1. The number of rotatable bonds is 9. The van der Waals surface area contributed by atoms with Crippen LogP contribution in [0, 0.1) is 16.0 Å². The van der Waals surface area contributed by atoms with Crippen LogP contribution in [0.2, 0.25) is 0 Å². The van der Waals surface area contributed by atoms with Crippen LogP contribution in [-0.2, 0) is 25.7 Å². The zero-order valence-corrected chi connectivity index (χ0v) is 14.8. The van der Waals surface area contributed by atoms with Crippen LogP contribution in [0.1, 0.15) is 25.3 Å². The molecule has 1 aromatic rings. The number of esters is 1. The van der Waals surface area contributed by atoms with E-state index in [4.69, 9.17) is 9.47 Å². The molecule has 2 unspecified atom stereocenters. The number of alkyl carbamates (subject to hydrolysis) is 1. The molecule has 1 aliphatic rings. The molecule has 1 fully saturated rings. The summed E-state index contributed by atoms with van der Waals surface area (Å²) in [5.41, 5.74) is 0.175. The van der Waals surface area contributed by atoms with Crippen molar-refractivity contribution in [3.63, 3.8) is 0 Å². The molecule has 0 saturated carbocycles. The Hall–Kier alpha value is -3.17. The lowest BCUT2D eigenvalue weighted by Crippen LogP contribution is -2.59. The van der Waals surface area contributed by atoms with Crippen molar-refractivity contribution in [1.82, 2.24) is 10.6 Å². The Morgan fingerprint density at radius 2 is 2.00 bits per heavy atom. The number of hydrogen-bond donors (Lipinski definition) is 2. The number of nitrogens with zero attached hydrogens (tertiary/aromatic N) is 1. The van der Waals surface area contributed by atoms with Crippen LogP contribution in [0.4, 0.5) is 10.5 Å². The van der Waals surface area contributed by atoms with Crippen molar-refractivity contribution in [3.05, 3.63) is 39.9 Å². The molecule has 2 atom stereocenters. The maximum atomic E-state index is 11.7. The van der Waals surface area contributed by atoms with Crippen LogP contribution in [0.15, 0.2) is 24.3 Å². The topological polar surface area (TPSA) is 137 Å². The van der Waals surface area contributed by atoms with Gasteiger partial charge in [0.15, 0.2) is 0 Å². The Kier molecular flexibility index (Phi) is 7.09. The van der Waals surface area contributed by atoms with Gasteiger partial charge in [0, 0.05) is 32.0 Å². The van der Waals surface area contributed by atoms with Gasteiger partial charge in [-0.05, 0) is 12.5 Å². The summed E-state index contributed by atoms with van der Waals surface area (Å²) in [4.78, 5) is 44.4. The standard InChI is InChI=1S/C17H21N3O7/c1-11(21)26-9-7-14-13(16(22)19-14)6-8-18-17(23)27-10-12-4-2-3-5-15(12)20(24)25/h2-5,13-14H,6-10H2,1H3,(H,18,23)(H,19,22). The molecule has 2 N–H and O–H groups in total. The van der Waals surface area contributed by atoms with E-state index in [0.29, 0.717) is 18.4 Å². The molecule has 0 spiro atoms. The second-order valence-electron chi connectivity index (χ2n) is 6.03. The molecule has 2 rings (SSSR count). The van der Waals surface area contributed by atoms with Gasteiger partial charge in [0.1, 0.15) is 6.61 Å². The van der Waals surface area contributed by atoms with E-state index in [-0.39, 0.29) is 49.3 Å². The third-order valence-corrected chi connectivity index (χ3v) is 4.16. The minimum atomic E-state index is -0.718. The number of ether oxygens (including phenoxy) is 2. The summed E-state index contributed by atoms with van der Waals surface area (Å²) in [6, 6.07) is 5.90. The molecule has 10 nitrogen and oxygen atoms in total. The van der Waals surface area contributed by atoms with Gasteiger partial charge in [0.05, 0.1) is 23.0 Å². The van der Waals surface area contributed by atoms with Crippen LogP contribution in [0.25, 0.3) is 0 Å². The number of carbonyl (C=O) groups excluding carboxylic acids is 3. The van der Waals surface area contributed by atoms with Crippen molar-refractivity contribution in [2.24, 2.45) is 5.92 Å². The zero-order valence-electron chi connectivity index (χ0n) is 14.8. The first-order valence-corrected chi connectivity index (χ1v) is 8.45. The molecular weight excluding hydrogens is 358 g/mol. The van der Waals surface area contributed by atoms with E-state index in [9.17, 15) is 24.5 Å². The number of nitro benzene ring substituents is 1. The smallest absolute Gasteiger partial charge is 0.407 e. The van der Waals surface area contributed by atoms with E-state index in [1.54, 1.807) is 6.07 Å². The van der Waals surface area contributed by atoms with Gasteiger partial charge in [0.25, 0.3) is 5.69 Å². The number of benzene rings is 1. The summed E-state index contributed by atoms with van der Waals surface area (Å²) in [6.07, 6.45) is 0.208. The highest BCUT2D eigenvalue weighted by Crippen LogP contribution is 2.21. The van der Waals surface area contributed by atoms with Crippen LogP contribution in [0.5, 0.6) is 0 Å². The Balaban J connectivity index is 1.69. The summed E-state index contributed by atoms with van der Waals surface area (Å²) in [5, 5.41) is 16.2. The van der Waals surface area contributed by atoms with Gasteiger partial charge >= 0.3 is 12.1 Å². The number of nitrogens with one attached hydrogen (secondary N) is 2. The van der Waals surface area contributed by atoms with Crippen LogP contribution < -0.4 is 10.6 Å². The first kappa shape index (κ1) is 20.1. The molecule has 27 heavy (non-hydrogen) atoms. The monoisotopic (exact) mass is 379 g/mol. The highest BCUT2D eigenvalue weighted by Gasteiger charge is 2.38. The molecule has 146 valence electrons. The number of β-lactam (4-membered cyclic amide) rings is 1. The summed E-state index contributed by atoms with van der Waals surface area (Å²) in [7, 11) is 0. The summed E-state index contributed by atoms with van der Waals surface area (Å²) < 4.78 is 9.83. The molecule has 1 aliphatic heterocycles. The lowest BCUT2D eigenvalue weighted by atomic mass is 9.85. The molecular formula is C17H21N3O7. The minimum absolute atomic E-state index is 0.0957. The van der Waals surface area contributed by atoms with E-state index in [2.05, 4.69) is 10.6 Å². The summed E-state index contributed by atoms with van der Waals surface area (Å²) in [6.45, 7) is 1.54. The lowest BCUT2D eigenvalue weighted by molar-refractivity contribution is -0.385. The Morgan fingerprint density at radius 1 is 1.26 bits per heavy atom. The van der Waals surface area contributed by atoms with Gasteiger partial charge < -0.3 is 20.1 Å².